The molecule has 1 aliphatic rings. The molecule has 78 valence electrons. The number of hydrogen-bond acceptors (Lipinski definition) is 2. The van der Waals surface area contributed by atoms with E-state index in [9.17, 15) is 0 Å². The maximum Gasteiger partial charge on any atom is 0.111 e. The molecule has 0 spiro atoms. The van der Waals surface area contributed by atoms with Crippen molar-refractivity contribution in [2.24, 2.45) is 0 Å². The summed E-state index contributed by atoms with van der Waals surface area (Å²) in [7, 11) is 0. The minimum Gasteiger partial charge on any atom is -0.342 e. The summed E-state index contributed by atoms with van der Waals surface area (Å²) in [5.41, 5.74) is 2.23. The van der Waals surface area contributed by atoms with Crippen LogP contribution < -0.4 is 5.32 Å². The molecular formula is C12H15N3. The summed E-state index contributed by atoms with van der Waals surface area (Å²) in [6, 6.07) is 8.23. The van der Waals surface area contributed by atoms with Crippen molar-refractivity contribution in [2.75, 3.05) is 13.1 Å². The predicted molar refractivity (Wildman–Crippen MR) is 60.9 cm³/mol. The number of aromatic nitrogens is 2. The quantitative estimate of drug-likeness (QED) is 0.741. The molecule has 2 heterocycles. The van der Waals surface area contributed by atoms with Gasteiger partial charge < -0.3 is 10.3 Å². The smallest absolute Gasteiger partial charge is 0.111 e. The third-order valence-electron chi connectivity index (χ3n) is 3.09. The van der Waals surface area contributed by atoms with Crippen molar-refractivity contribution in [3.8, 4) is 0 Å². The van der Waals surface area contributed by atoms with Gasteiger partial charge in [0.15, 0.2) is 0 Å². The summed E-state index contributed by atoms with van der Waals surface area (Å²) >= 11 is 0. The van der Waals surface area contributed by atoms with Crippen molar-refractivity contribution < 1.29 is 0 Å². The third kappa shape index (κ3) is 1.63. The molecule has 1 aliphatic heterocycles. The van der Waals surface area contributed by atoms with Gasteiger partial charge in [0.2, 0.25) is 0 Å². The van der Waals surface area contributed by atoms with E-state index in [1.165, 1.54) is 12.8 Å². The minimum atomic E-state index is 0.561. The number of nitrogens with one attached hydrogen (secondary N) is 2. The number of piperidine rings is 1. The molecule has 0 bridgehead atoms. The molecule has 0 radical (unpaired) electrons. The number of aromatic amines is 1. The van der Waals surface area contributed by atoms with Gasteiger partial charge in [-0.3, -0.25) is 0 Å². The second-order valence-corrected chi connectivity index (χ2v) is 4.18. The molecule has 1 saturated heterocycles. The van der Waals surface area contributed by atoms with Crippen LogP contribution in [-0.4, -0.2) is 23.1 Å². The highest BCUT2D eigenvalue weighted by molar-refractivity contribution is 5.74. The molecule has 1 aromatic heterocycles. The Morgan fingerprint density at radius 3 is 3.00 bits per heavy atom. The molecule has 0 unspecified atom stereocenters. The van der Waals surface area contributed by atoms with Gasteiger partial charge in [-0.05, 0) is 31.5 Å². The van der Waals surface area contributed by atoms with Crippen LogP contribution in [0, 0.1) is 0 Å². The van der Waals surface area contributed by atoms with Crippen molar-refractivity contribution in [3.05, 3.63) is 30.1 Å². The largest absolute Gasteiger partial charge is 0.342 e. The highest BCUT2D eigenvalue weighted by atomic mass is 15.0. The monoisotopic (exact) mass is 201 g/mol. The number of H-pyrrole nitrogens is 1. The van der Waals surface area contributed by atoms with Crippen molar-refractivity contribution >= 4 is 11.0 Å². The van der Waals surface area contributed by atoms with Gasteiger partial charge in [0.1, 0.15) is 5.82 Å². The number of imidazole rings is 1. The zero-order valence-corrected chi connectivity index (χ0v) is 8.66. The summed E-state index contributed by atoms with van der Waals surface area (Å²) in [5, 5.41) is 3.42. The third-order valence-corrected chi connectivity index (χ3v) is 3.09. The molecule has 1 fully saturated rings. The lowest BCUT2D eigenvalue weighted by molar-refractivity contribution is 0.449. The van der Waals surface area contributed by atoms with Crippen LogP contribution in [0.15, 0.2) is 24.3 Å². The Labute approximate surface area is 88.9 Å². The van der Waals surface area contributed by atoms with Crippen LogP contribution in [0.5, 0.6) is 0 Å². The molecule has 15 heavy (non-hydrogen) atoms. The molecule has 1 aromatic carbocycles. The SMILES string of the molecule is c1ccc2[nH]c([C@H]3CCCNC3)nc2c1. The number of rotatable bonds is 1. The predicted octanol–water partition coefficient (Wildman–Crippen LogP) is 2.03. The molecule has 3 nitrogen and oxygen atoms in total. The zero-order chi connectivity index (χ0) is 10.1. The molecule has 1 atom stereocenters. The molecular weight excluding hydrogens is 186 g/mol. The first-order chi connectivity index (χ1) is 7.43. The number of nitrogens with zero attached hydrogens (tertiary/aromatic N) is 1. The van der Waals surface area contributed by atoms with Gasteiger partial charge in [0.25, 0.3) is 0 Å². The Kier molecular flexibility index (Phi) is 2.18. The van der Waals surface area contributed by atoms with Crippen molar-refractivity contribution in [2.45, 2.75) is 18.8 Å². The maximum atomic E-state index is 4.64. The number of benzene rings is 1. The van der Waals surface area contributed by atoms with Crippen LogP contribution in [0.2, 0.25) is 0 Å². The van der Waals surface area contributed by atoms with Crippen LogP contribution in [0.25, 0.3) is 11.0 Å². The first-order valence-electron chi connectivity index (χ1n) is 5.59. The van der Waals surface area contributed by atoms with Crippen molar-refractivity contribution in [1.82, 2.24) is 15.3 Å². The van der Waals surface area contributed by atoms with Gasteiger partial charge in [0, 0.05) is 12.5 Å². The van der Waals surface area contributed by atoms with Crippen LogP contribution in [-0.2, 0) is 0 Å². The summed E-state index contributed by atoms with van der Waals surface area (Å²) in [6.45, 7) is 2.20. The fourth-order valence-corrected chi connectivity index (χ4v) is 2.25. The number of hydrogen-bond donors (Lipinski definition) is 2. The first kappa shape index (κ1) is 8.92. The van der Waals surface area contributed by atoms with E-state index in [2.05, 4.69) is 27.4 Å². The van der Waals surface area contributed by atoms with E-state index in [1.807, 2.05) is 12.1 Å². The Balaban J connectivity index is 1.96. The lowest BCUT2D eigenvalue weighted by Gasteiger charge is -2.20. The highest BCUT2D eigenvalue weighted by Crippen LogP contribution is 2.22. The minimum absolute atomic E-state index is 0.561. The van der Waals surface area contributed by atoms with Crippen LogP contribution in [0.4, 0.5) is 0 Å². The maximum absolute atomic E-state index is 4.64. The summed E-state index contributed by atoms with van der Waals surface area (Å²) < 4.78 is 0. The van der Waals surface area contributed by atoms with Gasteiger partial charge in [0.05, 0.1) is 11.0 Å². The van der Waals surface area contributed by atoms with E-state index in [4.69, 9.17) is 0 Å². The number of fused-ring (bicyclic) bond motifs is 1. The first-order valence-corrected chi connectivity index (χ1v) is 5.59. The average molecular weight is 201 g/mol. The Morgan fingerprint density at radius 1 is 1.27 bits per heavy atom. The lowest BCUT2D eigenvalue weighted by Crippen LogP contribution is -2.28. The van der Waals surface area contributed by atoms with Crippen molar-refractivity contribution in [3.63, 3.8) is 0 Å². The van der Waals surface area contributed by atoms with E-state index in [0.29, 0.717) is 5.92 Å². The van der Waals surface area contributed by atoms with Gasteiger partial charge in [-0.15, -0.1) is 0 Å². The standard InChI is InChI=1S/C12H15N3/c1-2-6-11-10(5-1)14-12(15-11)9-4-3-7-13-8-9/h1-2,5-6,9,13H,3-4,7-8H2,(H,14,15)/t9-/m0/s1. The van der Waals surface area contributed by atoms with Crippen molar-refractivity contribution in [1.29, 1.82) is 0 Å². The topological polar surface area (TPSA) is 40.7 Å². The highest BCUT2D eigenvalue weighted by Gasteiger charge is 2.18. The van der Waals surface area contributed by atoms with E-state index >= 15 is 0 Å². The lowest BCUT2D eigenvalue weighted by atomic mass is 9.99. The van der Waals surface area contributed by atoms with Gasteiger partial charge >= 0.3 is 0 Å². The fraction of sp³-hybridized carbons (Fsp3) is 0.417. The summed E-state index contributed by atoms with van der Waals surface area (Å²) in [6.07, 6.45) is 2.49. The molecule has 2 N–H and O–H groups in total. The molecule has 0 amide bonds. The summed E-state index contributed by atoms with van der Waals surface area (Å²) in [5.74, 6) is 1.70. The molecule has 3 rings (SSSR count). The van der Waals surface area contributed by atoms with Crippen LogP contribution in [0.3, 0.4) is 0 Å². The van der Waals surface area contributed by atoms with E-state index < -0.39 is 0 Å². The second kappa shape index (κ2) is 3.66. The van der Waals surface area contributed by atoms with Gasteiger partial charge in [-0.2, -0.15) is 0 Å². The second-order valence-electron chi connectivity index (χ2n) is 4.18. The van der Waals surface area contributed by atoms with Gasteiger partial charge in [-0.25, -0.2) is 4.98 Å². The van der Waals surface area contributed by atoms with Gasteiger partial charge in [-0.1, -0.05) is 12.1 Å². The van der Waals surface area contributed by atoms with E-state index in [0.717, 1.165) is 29.9 Å². The van der Waals surface area contributed by atoms with Crippen LogP contribution >= 0.6 is 0 Å². The number of para-hydroxylation sites is 2. The normalized spacial score (nSPS) is 22.0. The van der Waals surface area contributed by atoms with Crippen LogP contribution in [0.1, 0.15) is 24.6 Å². The zero-order valence-electron chi connectivity index (χ0n) is 8.66. The Hall–Kier alpha value is -1.35. The van der Waals surface area contributed by atoms with E-state index in [1.54, 1.807) is 0 Å². The Morgan fingerprint density at radius 2 is 2.20 bits per heavy atom. The summed E-state index contributed by atoms with van der Waals surface area (Å²) in [4.78, 5) is 8.06. The molecule has 0 aliphatic carbocycles. The Bertz CT molecular complexity index is 422. The average Bonchev–Trinajstić information content (AvgIpc) is 2.74. The fourth-order valence-electron chi connectivity index (χ4n) is 2.25. The van der Waals surface area contributed by atoms with E-state index in [-0.39, 0.29) is 0 Å². The molecule has 2 aromatic rings. The molecule has 0 saturated carbocycles. The molecule has 3 heteroatoms.